The van der Waals surface area contributed by atoms with Crippen LogP contribution in [0, 0.1) is 0 Å². The van der Waals surface area contributed by atoms with Crippen molar-refractivity contribution in [1.82, 2.24) is 0 Å². The number of hydrogen-bond acceptors (Lipinski definition) is 6. The van der Waals surface area contributed by atoms with E-state index in [1.54, 1.807) is 0 Å². The second-order valence-corrected chi connectivity index (χ2v) is 1.71. The van der Waals surface area contributed by atoms with E-state index in [-0.39, 0.29) is 151 Å². The Morgan fingerprint density at radius 1 is 0.667 bits per heavy atom. The normalized spacial score (nSPS) is 7.33. The average Bonchev–Trinajstić information content (AvgIpc) is 1.98. The van der Waals surface area contributed by atoms with Gasteiger partial charge in [0.2, 0.25) is 0 Å². The standard InChI is InChI=1S/C6H4O8.4Ca.8H/c7-3(13-5(9)10)1-2-4(8)14-6(11)12;;;;;;;;;;;;/h1-2H,(H,9,10)(H,11,12);;;;;;;;;;;;/b2-1+;;;;;;;;;;;;. The van der Waals surface area contributed by atoms with Crippen LogP contribution in [0.25, 0.3) is 0 Å². The van der Waals surface area contributed by atoms with Crippen LogP contribution in [0.5, 0.6) is 0 Å². The fraction of sp³-hybridized carbons (Fsp3) is 0. The maximum absolute atomic E-state index is 10.4. The first-order valence-corrected chi connectivity index (χ1v) is 2.99. The van der Waals surface area contributed by atoms with Gasteiger partial charge in [0.25, 0.3) is 0 Å². The van der Waals surface area contributed by atoms with Gasteiger partial charge in [0.15, 0.2) is 0 Å². The Balaban J connectivity index is -0.000000141. The Labute approximate surface area is 221 Å². The van der Waals surface area contributed by atoms with Crippen LogP contribution in [0.2, 0.25) is 0 Å². The number of esters is 2. The van der Waals surface area contributed by atoms with Crippen molar-refractivity contribution in [3.05, 3.63) is 12.2 Å². The summed E-state index contributed by atoms with van der Waals surface area (Å²) in [6, 6.07) is 0. The van der Waals surface area contributed by atoms with E-state index >= 15 is 0 Å². The monoisotopic (exact) mass is 372 g/mol. The second kappa shape index (κ2) is 19.7. The predicted octanol–water partition coefficient (Wildman–Crippen LogP) is -3.68. The van der Waals surface area contributed by atoms with E-state index in [1.165, 1.54) is 0 Å². The zero-order valence-electron chi connectivity index (χ0n) is 6.50. The molecule has 0 radical (unpaired) electrons. The topological polar surface area (TPSA) is 127 Å². The summed E-state index contributed by atoms with van der Waals surface area (Å²) in [6.45, 7) is 0. The van der Waals surface area contributed by atoms with E-state index in [0.29, 0.717) is 12.2 Å². The van der Waals surface area contributed by atoms with Crippen molar-refractivity contribution < 1.29 is 38.9 Å². The minimum absolute atomic E-state index is 0. The molecule has 0 bridgehead atoms. The summed E-state index contributed by atoms with van der Waals surface area (Å²) >= 11 is 0. The van der Waals surface area contributed by atoms with Gasteiger partial charge in [-0.3, -0.25) is 0 Å². The van der Waals surface area contributed by atoms with Gasteiger partial charge in [0.05, 0.1) is 0 Å². The Morgan fingerprint density at radius 3 is 1.06 bits per heavy atom. The summed E-state index contributed by atoms with van der Waals surface area (Å²) < 4.78 is 7.08. The first-order chi connectivity index (χ1) is 6.41. The van der Waals surface area contributed by atoms with Gasteiger partial charge in [-0.1, -0.05) is 0 Å². The summed E-state index contributed by atoms with van der Waals surface area (Å²) in [4.78, 5) is 40.3. The number of carbonyl (C=O) groups excluding carboxylic acids is 2. The van der Waals surface area contributed by atoms with Crippen molar-refractivity contribution in [3.8, 4) is 0 Å². The summed E-state index contributed by atoms with van der Waals surface area (Å²) in [7, 11) is 0. The first-order valence-electron chi connectivity index (χ1n) is 2.99. The third-order valence-corrected chi connectivity index (χ3v) is 0.731. The second-order valence-electron chi connectivity index (χ2n) is 1.71. The van der Waals surface area contributed by atoms with Gasteiger partial charge < -0.3 is 19.7 Å². The van der Waals surface area contributed by atoms with Crippen LogP contribution in [-0.4, -0.2) is 185 Å². The van der Waals surface area contributed by atoms with Crippen LogP contribution in [0.15, 0.2) is 12.2 Å². The van der Waals surface area contributed by atoms with E-state index in [9.17, 15) is 19.2 Å². The number of carboxylic acid groups (broad SMARTS) is 2. The van der Waals surface area contributed by atoms with Crippen LogP contribution in [0.3, 0.4) is 0 Å². The molecule has 12 heteroatoms. The van der Waals surface area contributed by atoms with Gasteiger partial charge in [-0.15, -0.1) is 0 Å². The molecule has 0 fully saturated rings. The van der Waals surface area contributed by atoms with Crippen molar-refractivity contribution in [2.24, 2.45) is 0 Å². The van der Waals surface area contributed by atoms with Gasteiger partial charge in [0, 0.05) is 12.2 Å². The Kier molecular flexibility index (Phi) is 35.6. The van der Waals surface area contributed by atoms with Gasteiger partial charge in [-0.05, 0) is 0 Å². The molecule has 0 heterocycles. The molecule has 0 unspecified atom stereocenters. The van der Waals surface area contributed by atoms with E-state index in [1.807, 2.05) is 0 Å². The summed E-state index contributed by atoms with van der Waals surface area (Å²) in [5.74, 6) is -2.67. The van der Waals surface area contributed by atoms with Gasteiger partial charge in [-0.25, -0.2) is 19.2 Å². The Bertz CT molecular complexity index is 285. The zero-order chi connectivity index (χ0) is 11.1. The van der Waals surface area contributed by atoms with Crippen molar-refractivity contribution in [3.63, 3.8) is 0 Å². The van der Waals surface area contributed by atoms with E-state index in [0.717, 1.165) is 0 Å². The van der Waals surface area contributed by atoms with Crippen LogP contribution in [0.1, 0.15) is 0 Å². The van der Waals surface area contributed by atoms with Crippen molar-refractivity contribution >= 4 is 175 Å². The number of carbonyl (C=O) groups is 4. The molecule has 0 aromatic heterocycles. The molecule has 0 aliphatic heterocycles. The Hall–Kier alpha value is 2.66. The van der Waals surface area contributed by atoms with Gasteiger partial charge in [-0.2, -0.15) is 0 Å². The quantitative estimate of drug-likeness (QED) is 0.220. The number of rotatable bonds is 2. The molecule has 0 aromatic carbocycles. The fourth-order valence-electron chi connectivity index (χ4n) is 0.376. The fourth-order valence-corrected chi connectivity index (χ4v) is 0.376. The molecule has 2 N–H and O–H groups in total. The zero-order valence-corrected chi connectivity index (χ0v) is 6.50. The molecular formula is C6H12Ca4O8. The van der Waals surface area contributed by atoms with Crippen molar-refractivity contribution in [1.29, 1.82) is 0 Å². The average molecular weight is 372 g/mol. The molecule has 0 amide bonds. The van der Waals surface area contributed by atoms with Crippen LogP contribution < -0.4 is 0 Å². The molecule has 0 aliphatic carbocycles. The molecule has 0 saturated heterocycles. The first kappa shape index (κ1) is 32.6. The Morgan fingerprint density at radius 2 is 0.889 bits per heavy atom. The third kappa shape index (κ3) is 23.7. The molecule has 0 saturated carbocycles. The van der Waals surface area contributed by atoms with Gasteiger partial charge in [0.1, 0.15) is 0 Å². The molecule has 18 heavy (non-hydrogen) atoms. The minimum atomic E-state index is -1.84. The van der Waals surface area contributed by atoms with Gasteiger partial charge >= 0.3 is 175 Å². The molecule has 0 spiro atoms. The van der Waals surface area contributed by atoms with Crippen LogP contribution in [-0.2, 0) is 19.1 Å². The third-order valence-electron chi connectivity index (χ3n) is 0.731. The molecule has 0 aliphatic rings. The van der Waals surface area contributed by atoms with Crippen molar-refractivity contribution in [2.45, 2.75) is 0 Å². The maximum atomic E-state index is 10.4. The molecule has 8 nitrogen and oxygen atoms in total. The van der Waals surface area contributed by atoms with Crippen LogP contribution >= 0.6 is 0 Å². The van der Waals surface area contributed by atoms with Crippen LogP contribution in [0.4, 0.5) is 9.59 Å². The molecular weight excluding hydrogens is 360 g/mol. The van der Waals surface area contributed by atoms with Crippen molar-refractivity contribution in [2.75, 3.05) is 0 Å². The summed E-state index contributed by atoms with van der Waals surface area (Å²) in [5.41, 5.74) is 0. The predicted molar refractivity (Wildman–Crippen MR) is 71.5 cm³/mol. The molecule has 0 rings (SSSR count). The van der Waals surface area contributed by atoms with E-state index in [2.05, 4.69) is 9.47 Å². The van der Waals surface area contributed by atoms with E-state index < -0.39 is 24.2 Å². The molecule has 0 atom stereocenters. The molecule has 92 valence electrons. The van der Waals surface area contributed by atoms with E-state index in [4.69, 9.17) is 10.2 Å². The SMILES string of the molecule is O=C(O)OC(=O)/C=C/C(=O)OC(=O)O.[CaH2].[CaH2].[CaH2].[CaH2]. The number of ether oxygens (including phenoxy) is 2. The molecule has 0 aromatic rings. The summed E-state index contributed by atoms with van der Waals surface area (Å²) in [5, 5.41) is 15.8. The number of hydrogen-bond donors (Lipinski definition) is 2. The summed E-state index contributed by atoms with van der Waals surface area (Å²) in [6.07, 6.45) is -2.85.